The number of rotatable bonds is 0. The molecule has 1 aromatic rings. The summed E-state index contributed by atoms with van der Waals surface area (Å²) in [4.78, 5) is 15.5. The summed E-state index contributed by atoms with van der Waals surface area (Å²) in [7, 11) is 0. The molecule has 0 saturated carbocycles. The van der Waals surface area contributed by atoms with Crippen LogP contribution in [0.25, 0.3) is 0 Å². The second kappa shape index (κ2) is 4.66. The lowest BCUT2D eigenvalue weighted by molar-refractivity contribution is 0.0604. The Balaban J connectivity index is 1.95. The summed E-state index contributed by atoms with van der Waals surface area (Å²) < 4.78 is 0. The number of piperidine rings is 1. The molecular formula is C14H14N2OS. The van der Waals surface area contributed by atoms with Gasteiger partial charge < -0.3 is 4.90 Å². The first-order chi connectivity index (χ1) is 8.79. The number of carbonyl (C=O) groups is 1. The molecule has 1 amide bonds. The molecule has 18 heavy (non-hydrogen) atoms. The van der Waals surface area contributed by atoms with E-state index < -0.39 is 0 Å². The maximum atomic E-state index is 12.5. The molecule has 0 radical (unpaired) electrons. The van der Waals surface area contributed by atoms with Gasteiger partial charge in [-0.1, -0.05) is 12.1 Å². The van der Waals surface area contributed by atoms with E-state index >= 15 is 0 Å². The van der Waals surface area contributed by atoms with Gasteiger partial charge in [0.15, 0.2) is 0 Å². The molecule has 2 atom stereocenters. The number of hydrogen-bond donors (Lipinski definition) is 0. The first-order valence-corrected chi connectivity index (χ1v) is 7.20. The van der Waals surface area contributed by atoms with Crippen molar-refractivity contribution in [3.05, 3.63) is 29.8 Å². The molecule has 1 saturated heterocycles. The summed E-state index contributed by atoms with van der Waals surface area (Å²) >= 11 is 1.76. The second-order valence-corrected chi connectivity index (χ2v) is 5.88. The van der Waals surface area contributed by atoms with Gasteiger partial charge in [0, 0.05) is 23.2 Å². The van der Waals surface area contributed by atoms with E-state index in [1.54, 1.807) is 11.8 Å². The number of nitrogens with zero attached hydrogens (tertiary/aromatic N) is 2. The van der Waals surface area contributed by atoms with Crippen molar-refractivity contribution in [3.63, 3.8) is 0 Å². The molecule has 2 heterocycles. The van der Waals surface area contributed by atoms with Crippen LogP contribution in [0.3, 0.4) is 0 Å². The number of fused-ring (bicyclic) bond motifs is 2. The van der Waals surface area contributed by atoms with E-state index in [1.165, 1.54) is 0 Å². The van der Waals surface area contributed by atoms with Crippen LogP contribution in [0.5, 0.6) is 0 Å². The van der Waals surface area contributed by atoms with Crippen LogP contribution in [0, 0.1) is 17.2 Å². The van der Waals surface area contributed by atoms with E-state index in [2.05, 4.69) is 6.07 Å². The molecule has 1 aromatic carbocycles. The molecule has 0 bridgehead atoms. The summed E-state index contributed by atoms with van der Waals surface area (Å²) in [6.45, 7) is 0.592. The van der Waals surface area contributed by atoms with Gasteiger partial charge in [-0.15, -0.1) is 11.8 Å². The van der Waals surface area contributed by atoms with Crippen LogP contribution in [0.4, 0.5) is 0 Å². The van der Waals surface area contributed by atoms with Crippen molar-refractivity contribution in [1.29, 1.82) is 5.26 Å². The van der Waals surface area contributed by atoms with E-state index in [1.807, 2.05) is 29.2 Å². The van der Waals surface area contributed by atoms with Crippen molar-refractivity contribution in [3.8, 4) is 6.07 Å². The third-order valence-electron chi connectivity index (χ3n) is 3.70. The molecule has 0 N–H and O–H groups in total. The molecule has 3 rings (SSSR count). The van der Waals surface area contributed by atoms with Gasteiger partial charge in [-0.2, -0.15) is 5.26 Å². The van der Waals surface area contributed by atoms with Crippen LogP contribution in [-0.4, -0.2) is 29.1 Å². The Kier molecular flexibility index (Phi) is 3.00. The van der Waals surface area contributed by atoms with E-state index in [0.717, 1.165) is 29.1 Å². The van der Waals surface area contributed by atoms with Crippen LogP contribution in [0.1, 0.15) is 23.2 Å². The fourth-order valence-electron chi connectivity index (χ4n) is 2.66. The van der Waals surface area contributed by atoms with Crippen molar-refractivity contribution in [2.75, 3.05) is 12.3 Å². The van der Waals surface area contributed by atoms with Crippen molar-refractivity contribution in [1.82, 2.24) is 4.90 Å². The van der Waals surface area contributed by atoms with Gasteiger partial charge in [-0.3, -0.25) is 4.79 Å². The Morgan fingerprint density at radius 3 is 3.00 bits per heavy atom. The standard InChI is InChI=1S/C14H14N2OS/c15-7-10-5-6-11-9-18-13-4-2-1-3-12(13)14(17)16(11)8-10/h1-4,10-11H,5-6,8-9H2. The van der Waals surface area contributed by atoms with Gasteiger partial charge in [0.1, 0.15) is 0 Å². The third kappa shape index (κ3) is 1.89. The lowest BCUT2D eigenvalue weighted by Crippen LogP contribution is -2.47. The lowest BCUT2D eigenvalue weighted by Gasteiger charge is -2.36. The Morgan fingerprint density at radius 1 is 1.33 bits per heavy atom. The van der Waals surface area contributed by atoms with Crippen molar-refractivity contribution < 1.29 is 4.79 Å². The predicted molar refractivity (Wildman–Crippen MR) is 70.3 cm³/mol. The molecule has 2 unspecified atom stereocenters. The van der Waals surface area contributed by atoms with Crippen molar-refractivity contribution in [2.45, 2.75) is 23.8 Å². The van der Waals surface area contributed by atoms with Gasteiger partial charge in [-0.25, -0.2) is 0 Å². The molecular weight excluding hydrogens is 244 g/mol. The van der Waals surface area contributed by atoms with E-state index in [-0.39, 0.29) is 11.8 Å². The number of carbonyl (C=O) groups excluding carboxylic acids is 1. The van der Waals surface area contributed by atoms with Gasteiger partial charge in [0.05, 0.1) is 17.6 Å². The number of thioether (sulfide) groups is 1. The Labute approximate surface area is 111 Å². The van der Waals surface area contributed by atoms with E-state index in [9.17, 15) is 4.79 Å². The molecule has 0 aromatic heterocycles. The Bertz CT molecular complexity index is 523. The minimum absolute atomic E-state index is 0.000428. The van der Waals surface area contributed by atoms with Gasteiger partial charge >= 0.3 is 0 Å². The van der Waals surface area contributed by atoms with Crippen LogP contribution < -0.4 is 0 Å². The zero-order valence-corrected chi connectivity index (χ0v) is 10.8. The summed E-state index contributed by atoms with van der Waals surface area (Å²) in [5, 5.41) is 9.04. The lowest BCUT2D eigenvalue weighted by atomic mass is 9.94. The molecule has 1 fully saturated rings. The summed E-state index contributed by atoms with van der Waals surface area (Å²) in [5.74, 6) is 1.04. The van der Waals surface area contributed by atoms with Crippen LogP contribution in [0.2, 0.25) is 0 Å². The average Bonchev–Trinajstić information content (AvgIpc) is 2.57. The summed E-state index contributed by atoms with van der Waals surface area (Å²) in [6.07, 6.45) is 1.87. The van der Waals surface area contributed by atoms with Crippen molar-refractivity contribution in [2.24, 2.45) is 5.92 Å². The van der Waals surface area contributed by atoms with Crippen LogP contribution >= 0.6 is 11.8 Å². The quantitative estimate of drug-likeness (QED) is 0.718. The molecule has 2 aliphatic rings. The highest BCUT2D eigenvalue weighted by Crippen LogP contribution is 2.34. The molecule has 92 valence electrons. The highest BCUT2D eigenvalue weighted by atomic mass is 32.2. The second-order valence-electron chi connectivity index (χ2n) is 4.82. The highest BCUT2D eigenvalue weighted by Gasteiger charge is 2.35. The zero-order chi connectivity index (χ0) is 12.5. The molecule has 2 aliphatic heterocycles. The molecule has 0 aliphatic carbocycles. The Morgan fingerprint density at radius 2 is 2.17 bits per heavy atom. The minimum Gasteiger partial charge on any atom is -0.333 e. The monoisotopic (exact) mass is 258 g/mol. The maximum Gasteiger partial charge on any atom is 0.255 e. The molecule has 0 spiro atoms. The van der Waals surface area contributed by atoms with Crippen LogP contribution in [0.15, 0.2) is 29.2 Å². The largest absolute Gasteiger partial charge is 0.333 e. The van der Waals surface area contributed by atoms with Gasteiger partial charge in [0.2, 0.25) is 0 Å². The topological polar surface area (TPSA) is 44.1 Å². The maximum absolute atomic E-state index is 12.5. The summed E-state index contributed by atoms with van der Waals surface area (Å²) in [5.41, 5.74) is 0.795. The van der Waals surface area contributed by atoms with Crippen molar-refractivity contribution >= 4 is 17.7 Å². The molecule has 3 nitrogen and oxygen atoms in total. The van der Waals surface area contributed by atoms with Gasteiger partial charge in [0.25, 0.3) is 5.91 Å². The van der Waals surface area contributed by atoms with E-state index in [0.29, 0.717) is 12.6 Å². The first-order valence-electron chi connectivity index (χ1n) is 6.22. The smallest absolute Gasteiger partial charge is 0.255 e. The third-order valence-corrected chi connectivity index (χ3v) is 4.92. The number of hydrogen-bond acceptors (Lipinski definition) is 3. The van der Waals surface area contributed by atoms with Gasteiger partial charge in [-0.05, 0) is 25.0 Å². The highest BCUT2D eigenvalue weighted by molar-refractivity contribution is 7.99. The number of nitriles is 1. The fraction of sp³-hybridized carbons (Fsp3) is 0.429. The van der Waals surface area contributed by atoms with Crippen LogP contribution in [-0.2, 0) is 0 Å². The minimum atomic E-state index is 0.000428. The molecule has 4 heteroatoms. The fourth-order valence-corrected chi connectivity index (χ4v) is 3.87. The number of amides is 1. The SMILES string of the molecule is N#CC1CCC2CSc3ccccc3C(=O)N2C1. The predicted octanol–water partition coefficient (Wildman–Crippen LogP) is 2.54. The summed E-state index contributed by atoms with van der Waals surface area (Å²) in [6, 6.07) is 10.4. The number of benzene rings is 1. The zero-order valence-electron chi connectivity index (χ0n) is 10.0. The van der Waals surface area contributed by atoms with E-state index in [4.69, 9.17) is 5.26 Å². The first kappa shape index (κ1) is 11.6. The normalized spacial score (nSPS) is 26.8. The Hall–Kier alpha value is -1.47. The average molecular weight is 258 g/mol.